The van der Waals surface area contributed by atoms with Crippen molar-refractivity contribution in [2.45, 2.75) is 10.4 Å². The molecule has 0 radical (unpaired) electrons. The summed E-state index contributed by atoms with van der Waals surface area (Å²) in [6.07, 6.45) is 0.607. The van der Waals surface area contributed by atoms with Crippen LogP contribution < -0.4 is 5.32 Å². The Hall–Kier alpha value is 0.550. The molecule has 0 amide bonds. The first-order chi connectivity index (χ1) is 4.11. The van der Waals surface area contributed by atoms with Gasteiger partial charge in [-0.15, -0.1) is 0 Å². The number of rotatable bonds is 1. The van der Waals surface area contributed by atoms with E-state index in [0.29, 0.717) is 13.0 Å². The zero-order valence-electron chi connectivity index (χ0n) is 4.83. The fraction of sp³-hybridized carbons (Fsp3) is 1.00. The van der Waals surface area contributed by atoms with E-state index in [0.717, 1.165) is 6.54 Å². The lowest BCUT2D eigenvalue weighted by atomic mass is 10.1. The van der Waals surface area contributed by atoms with Crippen molar-refractivity contribution in [2.75, 3.05) is 13.1 Å². The van der Waals surface area contributed by atoms with Gasteiger partial charge in [0, 0.05) is 12.5 Å². The van der Waals surface area contributed by atoms with Gasteiger partial charge >= 0.3 is 3.93 Å². The molecule has 1 aliphatic rings. The summed E-state index contributed by atoms with van der Waals surface area (Å²) >= 11 is 1.21. The molecule has 0 saturated carbocycles. The molecule has 0 aromatic carbocycles. The van der Waals surface area contributed by atoms with Crippen LogP contribution >= 0.6 is 22.6 Å². The van der Waals surface area contributed by atoms with E-state index in [-0.39, 0.29) is 0 Å². The Morgan fingerprint density at radius 3 is 2.44 bits per heavy atom. The lowest BCUT2D eigenvalue weighted by molar-refractivity contribution is 0.0670. The molecule has 1 unspecified atom stereocenters. The van der Waals surface area contributed by atoms with Gasteiger partial charge < -0.3 is 5.32 Å². The van der Waals surface area contributed by atoms with Crippen LogP contribution in [0.1, 0.15) is 6.42 Å². The molecule has 1 aliphatic heterocycles. The highest BCUT2D eigenvalue weighted by atomic mass is 127. The largest absolute Gasteiger partial charge is 0.316 e. The Morgan fingerprint density at radius 1 is 1.56 bits per heavy atom. The molecule has 1 saturated heterocycles. The lowest BCUT2D eigenvalue weighted by Crippen LogP contribution is -2.22. The smallest absolute Gasteiger partial charge is 0.300 e. The normalized spacial score (nSPS) is 29.0. The molecular formula is C5H8F2IN. The average molecular weight is 247 g/mol. The minimum absolute atomic E-state index is 0.446. The second-order valence-electron chi connectivity index (χ2n) is 2.23. The average Bonchev–Trinajstić information content (AvgIpc) is 2.08. The van der Waals surface area contributed by atoms with Gasteiger partial charge in [-0.25, -0.2) is 0 Å². The van der Waals surface area contributed by atoms with E-state index in [9.17, 15) is 8.78 Å². The van der Waals surface area contributed by atoms with Crippen molar-refractivity contribution in [3.05, 3.63) is 0 Å². The Kier molecular flexibility index (Phi) is 2.26. The van der Waals surface area contributed by atoms with E-state index in [4.69, 9.17) is 0 Å². The third kappa shape index (κ3) is 2.00. The maximum atomic E-state index is 12.4. The highest BCUT2D eigenvalue weighted by molar-refractivity contribution is 14.1. The van der Waals surface area contributed by atoms with Crippen LogP contribution in [0.5, 0.6) is 0 Å². The minimum atomic E-state index is -2.51. The Labute approximate surface area is 66.3 Å². The summed E-state index contributed by atoms with van der Waals surface area (Å²) < 4.78 is 22.2. The summed E-state index contributed by atoms with van der Waals surface area (Å²) in [6.45, 7) is 1.21. The summed E-state index contributed by atoms with van der Waals surface area (Å²) in [5, 5.41) is 2.89. The van der Waals surface area contributed by atoms with Crippen molar-refractivity contribution in [3.8, 4) is 0 Å². The summed E-state index contributed by atoms with van der Waals surface area (Å²) in [7, 11) is 0. The molecule has 1 rings (SSSR count). The van der Waals surface area contributed by atoms with E-state index in [2.05, 4.69) is 5.32 Å². The van der Waals surface area contributed by atoms with Crippen molar-refractivity contribution in [1.82, 2.24) is 5.32 Å². The molecule has 1 N–H and O–H groups in total. The quantitative estimate of drug-likeness (QED) is 0.548. The molecule has 9 heavy (non-hydrogen) atoms. The van der Waals surface area contributed by atoms with Gasteiger partial charge in [-0.05, 0) is 35.6 Å². The first kappa shape index (κ1) is 7.65. The summed E-state index contributed by atoms with van der Waals surface area (Å²) in [5.74, 6) is -0.446. The second kappa shape index (κ2) is 2.65. The topological polar surface area (TPSA) is 12.0 Å². The maximum absolute atomic E-state index is 12.4. The maximum Gasteiger partial charge on any atom is 0.300 e. The molecular weight excluding hydrogens is 239 g/mol. The molecule has 1 nitrogen and oxygen atoms in total. The summed E-state index contributed by atoms with van der Waals surface area (Å²) in [4.78, 5) is 0. The first-order valence-corrected chi connectivity index (χ1v) is 3.96. The highest BCUT2D eigenvalue weighted by Gasteiger charge is 2.37. The molecule has 0 spiro atoms. The van der Waals surface area contributed by atoms with Crippen LogP contribution in [0.2, 0.25) is 0 Å². The number of hydrogen-bond donors (Lipinski definition) is 1. The predicted molar refractivity (Wildman–Crippen MR) is 39.9 cm³/mol. The summed E-state index contributed by atoms with van der Waals surface area (Å²) in [6, 6.07) is 0. The number of nitrogens with one attached hydrogen (secondary N) is 1. The van der Waals surface area contributed by atoms with Crippen molar-refractivity contribution in [1.29, 1.82) is 0 Å². The SMILES string of the molecule is FC(F)(I)C1CCNC1. The second-order valence-corrected chi connectivity index (χ2v) is 3.67. The molecule has 1 heterocycles. The van der Waals surface area contributed by atoms with Crippen molar-refractivity contribution >= 4 is 22.6 Å². The van der Waals surface area contributed by atoms with Gasteiger partial charge in [0.25, 0.3) is 0 Å². The molecule has 0 aliphatic carbocycles. The molecule has 0 bridgehead atoms. The van der Waals surface area contributed by atoms with Crippen LogP contribution in [0, 0.1) is 5.92 Å². The number of alkyl halides is 3. The zero-order valence-corrected chi connectivity index (χ0v) is 6.99. The van der Waals surface area contributed by atoms with E-state index < -0.39 is 9.85 Å². The van der Waals surface area contributed by atoms with E-state index >= 15 is 0 Å². The van der Waals surface area contributed by atoms with E-state index in [1.54, 1.807) is 0 Å². The van der Waals surface area contributed by atoms with Crippen LogP contribution in [0.25, 0.3) is 0 Å². The van der Waals surface area contributed by atoms with Gasteiger partial charge in [-0.1, -0.05) is 0 Å². The Morgan fingerprint density at radius 2 is 2.22 bits per heavy atom. The van der Waals surface area contributed by atoms with Crippen molar-refractivity contribution < 1.29 is 8.78 Å². The van der Waals surface area contributed by atoms with Crippen LogP contribution in [0.3, 0.4) is 0 Å². The van der Waals surface area contributed by atoms with Gasteiger partial charge in [0.1, 0.15) is 0 Å². The van der Waals surface area contributed by atoms with Crippen LogP contribution in [-0.4, -0.2) is 17.0 Å². The molecule has 1 atom stereocenters. The number of halogens is 3. The third-order valence-electron chi connectivity index (χ3n) is 1.52. The van der Waals surface area contributed by atoms with Crippen LogP contribution in [-0.2, 0) is 0 Å². The van der Waals surface area contributed by atoms with E-state index in [1.165, 1.54) is 22.6 Å². The standard InChI is InChI=1S/C5H8F2IN/c6-5(7,8)4-1-2-9-3-4/h4,9H,1-3H2. The van der Waals surface area contributed by atoms with E-state index in [1.807, 2.05) is 0 Å². The molecule has 0 aromatic rings. The zero-order chi connectivity index (χ0) is 6.91. The van der Waals surface area contributed by atoms with Crippen LogP contribution in [0.4, 0.5) is 8.78 Å². The van der Waals surface area contributed by atoms with Crippen molar-refractivity contribution in [3.63, 3.8) is 0 Å². The lowest BCUT2D eigenvalue weighted by Gasteiger charge is -2.14. The van der Waals surface area contributed by atoms with Gasteiger partial charge in [-0.2, -0.15) is 8.78 Å². The molecule has 54 valence electrons. The predicted octanol–water partition coefficient (Wildman–Crippen LogP) is 1.62. The highest BCUT2D eigenvalue weighted by Crippen LogP contribution is 2.35. The Bertz CT molecular complexity index is 95.6. The molecule has 4 heteroatoms. The van der Waals surface area contributed by atoms with Crippen LogP contribution in [0.15, 0.2) is 0 Å². The van der Waals surface area contributed by atoms with Crippen molar-refractivity contribution in [2.24, 2.45) is 5.92 Å². The monoisotopic (exact) mass is 247 g/mol. The van der Waals surface area contributed by atoms with Gasteiger partial charge in [0.05, 0.1) is 0 Å². The Balaban J connectivity index is 2.42. The fourth-order valence-electron chi connectivity index (χ4n) is 0.934. The minimum Gasteiger partial charge on any atom is -0.316 e. The molecule has 1 fully saturated rings. The summed E-state index contributed by atoms with van der Waals surface area (Å²) in [5.41, 5.74) is 0. The van der Waals surface area contributed by atoms with Gasteiger partial charge in [-0.3, -0.25) is 0 Å². The third-order valence-corrected chi connectivity index (χ3v) is 2.40. The first-order valence-electron chi connectivity index (χ1n) is 2.88. The number of hydrogen-bond acceptors (Lipinski definition) is 1. The van der Waals surface area contributed by atoms with Gasteiger partial charge in [0.2, 0.25) is 0 Å². The fourth-order valence-corrected chi connectivity index (χ4v) is 1.47. The van der Waals surface area contributed by atoms with Gasteiger partial charge in [0.15, 0.2) is 0 Å². The molecule has 0 aromatic heterocycles.